The van der Waals surface area contributed by atoms with Gasteiger partial charge in [0.2, 0.25) is 0 Å². The van der Waals surface area contributed by atoms with E-state index in [1.807, 2.05) is 60.7 Å². The largest absolute Gasteiger partial charge is 0.451 e. The lowest BCUT2D eigenvalue weighted by Gasteiger charge is -2.22. The highest BCUT2D eigenvalue weighted by Crippen LogP contribution is 2.22. The van der Waals surface area contributed by atoms with Gasteiger partial charge in [0.05, 0.1) is 12.4 Å². The molecule has 0 spiro atoms. The third-order valence-corrected chi connectivity index (χ3v) is 5.75. The number of hydrogen-bond donors (Lipinski definition) is 1. The van der Waals surface area contributed by atoms with Crippen molar-refractivity contribution >= 4 is 23.0 Å². The molecule has 10 nitrogen and oxygen atoms in total. The smallest absolute Gasteiger partial charge is 0.332 e. The van der Waals surface area contributed by atoms with Gasteiger partial charge in [0, 0.05) is 14.1 Å². The summed E-state index contributed by atoms with van der Waals surface area (Å²) in [5.74, 6) is -1.19. The zero-order valence-corrected chi connectivity index (χ0v) is 19.5. The number of amides is 1. The summed E-state index contributed by atoms with van der Waals surface area (Å²) in [4.78, 5) is 54.3. The van der Waals surface area contributed by atoms with Crippen molar-refractivity contribution in [3.63, 3.8) is 0 Å². The van der Waals surface area contributed by atoms with Crippen LogP contribution in [0.4, 0.5) is 0 Å². The zero-order valence-electron chi connectivity index (χ0n) is 19.5. The fraction of sp³-hybridized carbons (Fsp3) is 0.240. The highest BCUT2D eigenvalue weighted by Gasteiger charge is 2.24. The minimum atomic E-state index is -1.08. The molecule has 0 bridgehead atoms. The number of fused-ring (bicyclic) bond motifs is 1. The van der Waals surface area contributed by atoms with Crippen LogP contribution in [0.5, 0.6) is 0 Å². The maximum Gasteiger partial charge on any atom is 0.332 e. The van der Waals surface area contributed by atoms with Crippen LogP contribution in [0, 0.1) is 0 Å². The molecular formula is C25H25N5O5. The molecule has 1 atom stereocenters. The molecule has 0 unspecified atom stereocenters. The molecule has 2 heterocycles. The van der Waals surface area contributed by atoms with Crippen molar-refractivity contribution < 1.29 is 14.3 Å². The average Bonchev–Trinajstić information content (AvgIpc) is 3.29. The van der Waals surface area contributed by atoms with E-state index in [4.69, 9.17) is 4.74 Å². The highest BCUT2D eigenvalue weighted by molar-refractivity contribution is 5.84. The first kappa shape index (κ1) is 23.7. The summed E-state index contributed by atoms with van der Waals surface area (Å²) in [5.41, 5.74) is 0.927. The predicted molar refractivity (Wildman–Crippen MR) is 129 cm³/mol. The standard InChI is InChI=1S/C25H25N5O5/c1-16(23(32)27-20(17-10-6-4-7-11-17)18-12-8-5-9-13-18)35-19(31)14-30-15-26-22-21(30)24(33)29(3)25(34)28(22)2/h4-13,15-16,20H,14H2,1-3H3,(H,27,32)/t16-/m0/s1. The van der Waals surface area contributed by atoms with Crippen LogP contribution in [0.15, 0.2) is 76.6 Å². The second-order valence-electron chi connectivity index (χ2n) is 8.15. The summed E-state index contributed by atoms with van der Waals surface area (Å²) in [7, 11) is 2.84. The first-order chi connectivity index (χ1) is 16.8. The molecule has 0 fully saturated rings. The van der Waals surface area contributed by atoms with Crippen LogP contribution >= 0.6 is 0 Å². The van der Waals surface area contributed by atoms with E-state index in [1.165, 1.54) is 36.5 Å². The number of aryl methyl sites for hydroxylation is 1. The van der Waals surface area contributed by atoms with E-state index in [-0.39, 0.29) is 17.7 Å². The summed E-state index contributed by atoms with van der Waals surface area (Å²) in [6.07, 6.45) is 0.206. The van der Waals surface area contributed by atoms with E-state index in [0.717, 1.165) is 15.7 Å². The Hall–Kier alpha value is -4.47. The van der Waals surface area contributed by atoms with Crippen LogP contribution in [0.25, 0.3) is 11.2 Å². The van der Waals surface area contributed by atoms with Crippen molar-refractivity contribution in [2.45, 2.75) is 25.6 Å². The van der Waals surface area contributed by atoms with Crippen molar-refractivity contribution in [2.75, 3.05) is 0 Å². The van der Waals surface area contributed by atoms with Crippen LogP contribution in [0.3, 0.4) is 0 Å². The second-order valence-corrected chi connectivity index (χ2v) is 8.15. The van der Waals surface area contributed by atoms with Gasteiger partial charge in [-0.05, 0) is 18.1 Å². The summed E-state index contributed by atoms with van der Waals surface area (Å²) in [6, 6.07) is 18.5. The molecule has 0 radical (unpaired) electrons. The lowest BCUT2D eigenvalue weighted by molar-refractivity contribution is -0.155. The molecule has 4 aromatic rings. The Morgan fingerprint density at radius 1 is 0.943 bits per heavy atom. The molecule has 1 amide bonds. The molecule has 2 aromatic heterocycles. The number of nitrogens with one attached hydrogen (secondary N) is 1. The van der Waals surface area contributed by atoms with Crippen molar-refractivity contribution in [3.8, 4) is 0 Å². The molecule has 0 aliphatic heterocycles. The Morgan fingerprint density at radius 3 is 2.09 bits per heavy atom. The lowest BCUT2D eigenvalue weighted by atomic mass is 9.98. The van der Waals surface area contributed by atoms with E-state index in [1.54, 1.807) is 0 Å². The van der Waals surface area contributed by atoms with Gasteiger partial charge in [-0.2, -0.15) is 0 Å². The maximum atomic E-state index is 12.9. The van der Waals surface area contributed by atoms with Crippen molar-refractivity contribution in [1.29, 1.82) is 0 Å². The van der Waals surface area contributed by atoms with Gasteiger partial charge in [-0.1, -0.05) is 60.7 Å². The molecule has 35 heavy (non-hydrogen) atoms. The number of carbonyl (C=O) groups excluding carboxylic acids is 2. The number of benzene rings is 2. The molecule has 0 saturated heterocycles. The van der Waals surface area contributed by atoms with E-state index >= 15 is 0 Å². The lowest BCUT2D eigenvalue weighted by Crippen LogP contribution is -2.39. The number of hydrogen-bond acceptors (Lipinski definition) is 6. The number of ether oxygens (including phenoxy) is 1. The molecule has 0 aliphatic carbocycles. The van der Waals surface area contributed by atoms with E-state index in [2.05, 4.69) is 10.3 Å². The van der Waals surface area contributed by atoms with Crippen molar-refractivity contribution in [2.24, 2.45) is 14.1 Å². The summed E-state index contributed by atoms with van der Waals surface area (Å²) < 4.78 is 8.82. The van der Waals surface area contributed by atoms with Gasteiger partial charge >= 0.3 is 11.7 Å². The topological polar surface area (TPSA) is 117 Å². The van der Waals surface area contributed by atoms with Crippen LogP contribution in [-0.4, -0.2) is 36.7 Å². The predicted octanol–water partition coefficient (Wildman–Crippen LogP) is 1.27. The maximum absolute atomic E-state index is 12.9. The molecule has 2 aromatic carbocycles. The van der Waals surface area contributed by atoms with Gasteiger partial charge < -0.3 is 14.6 Å². The van der Waals surface area contributed by atoms with Crippen LogP contribution in [0.2, 0.25) is 0 Å². The molecule has 0 saturated carbocycles. The van der Waals surface area contributed by atoms with Gasteiger partial charge in [0.25, 0.3) is 11.5 Å². The quantitative estimate of drug-likeness (QED) is 0.403. The monoisotopic (exact) mass is 475 g/mol. The van der Waals surface area contributed by atoms with Gasteiger partial charge in [-0.15, -0.1) is 0 Å². The van der Waals surface area contributed by atoms with Crippen LogP contribution < -0.4 is 16.6 Å². The molecular weight excluding hydrogens is 450 g/mol. The molecule has 10 heteroatoms. The van der Waals surface area contributed by atoms with Gasteiger partial charge in [-0.25, -0.2) is 9.78 Å². The zero-order chi connectivity index (χ0) is 25.1. The average molecular weight is 476 g/mol. The Bertz CT molecular complexity index is 1450. The molecule has 180 valence electrons. The van der Waals surface area contributed by atoms with Crippen molar-refractivity contribution in [1.82, 2.24) is 24.0 Å². The summed E-state index contributed by atoms with van der Waals surface area (Å²) >= 11 is 0. The third-order valence-electron chi connectivity index (χ3n) is 5.75. The number of rotatable bonds is 7. The van der Waals surface area contributed by atoms with Crippen LogP contribution in [-0.2, 0) is 35.0 Å². The number of carbonyl (C=O) groups is 2. The fourth-order valence-electron chi connectivity index (χ4n) is 3.85. The summed E-state index contributed by atoms with van der Waals surface area (Å²) in [6.45, 7) is 1.14. The Morgan fingerprint density at radius 2 is 1.51 bits per heavy atom. The van der Waals surface area contributed by atoms with E-state index in [0.29, 0.717) is 0 Å². The SMILES string of the molecule is C[C@H](OC(=O)Cn1cnc2c1c(=O)n(C)c(=O)n2C)C(=O)NC(c1ccccc1)c1ccccc1. The van der Waals surface area contributed by atoms with Gasteiger partial charge in [0.1, 0.15) is 6.54 Å². The fourth-order valence-corrected chi connectivity index (χ4v) is 3.85. The van der Waals surface area contributed by atoms with E-state index < -0.39 is 35.3 Å². The van der Waals surface area contributed by atoms with Gasteiger partial charge in [0.15, 0.2) is 17.3 Å². The van der Waals surface area contributed by atoms with Gasteiger partial charge in [-0.3, -0.25) is 23.5 Å². The number of nitrogens with zero attached hydrogens (tertiary/aromatic N) is 4. The molecule has 0 aliphatic rings. The second kappa shape index (κ2) is 9.80. The third kappa shape index (κ3) is 4.77. The normalized spacial score (nSPS) is 12.0. The minimum Gasteiger partial charge on any atom is -0.451 e. The number of imidazole rings is 1. The number of esters is 1. The Balaban J connectivity index is 1.49. The van der Waals surface area contributed by atoms with Crippen molar-refractivity contribution in [3.05, 3.63) is 99.0 Å². The van der Waals surface area contributed by atoms with E-state index in [9.17, 15) is 19.2 Å². The number of aromatic nitrogens is 4. The minimum absolute atomic E-state index is 0.0943. The molecule has 4 rings (SSSR count). The first-order valence-electron chi connectivity index (χ1n) is 11.0. The summed E-state index contributed by atoms with van der Waals surface area (Å²) in [5, 5.41) is 2.95. The first-order valence-corrected chi connectivity index (χ1v) is 11.0. The Kier molecular flexibility index (Phi) is 6.63. The molecule has 1 N–H and O–H groups in total. The highest BCUT2D eigenvalue weighted by atomic mass is 16.5. The van der Waals surface area contributed by atoms with Crippen LogP contribution in [0.1, 0.15) is 24.1 Å². The Labute approximate surface area is 200 Å².